The number of rotatable bonds is 3. The predicted octanol–water partition coefficient (Wildman–Crippen LogP) is 2.95. The van der Waals surface area contributed by atoms with Crippen molar-refractivity contribution in [2.75, 3.05) is 0 Å². The van der Waals surface area contributed by atoms with Crippen LogP contribution in [-0.2, 0) is 5.75 Å². The molecule has 0 aliphatic rings. The standard InChI is InChI=1S/C13H11N3S/c1-10-4-2-3-5-11(10)9-17-13-15-7-6-12(8-14)16-13/h2-7H,9H2,1H3. The van der Waals surface area contributed by atoms with E-state index in [1.54, 1.807) is 24.0 Å². The molecule has 0 amide bonds. The van der Waals surface area contributed by atoms with Crippen LogP contribution >= 0.6 is 11.8 Å². The Balaban J connectivity index is 2.08. The van der Waals surface area contributed by atoms with E-state index in [1.807, 2.05) is 18.2 Å². The first kappa shape index (κ1) is 11.6. The fourth-order valence-electron chi connectivity index (χ4n) is 1.39. The van der Waals surface area contributed by atoms with Gasteiger partial charge in [0, 0.05) is 11.9 Å². The quantitative estimate of drug-likeness (QED) is 0.612. The Morgan fingerprint density at radius 3 is 2.88 bits per heavy atom. The van der Waals surface area contributed by atoms with Crippen molar-refractivity contribution in [1.82, 2.24) is 9.97 Å². The Kier molecular flexibility index (Phi) is 3.73. The van der Waals surface area contributed by atoms with Gasteiger partial charge in [0.1, 0.15) is 11.8 Å². The summed E-state index contributed by atoms with van der Waals surface area (Å²) in [5.41, 5.74) is 2.94. The Labute approximate surface area is 105 Å². The van der Waals surface area contributed by atoms with Gasteiger partial charge in [-0.2, -0.15) is 5.26 Å². The molecular formula is C13H11N3S. The van der Waals surface area contributed by atoms with Crippen LogP contribution in [0.15, 0.2) is 41.7 Å². The SMILES string of the molecule is Cc1ccccc1CSc1nccc(C#N)n1. The van der Waals surface area contributed by atoms with Gasteiger partial charge in [0.05, 0.1) is 0 Å². The minimum Gasteiger partial charge on any atom is -0.231 e. The van der Waals surface area contributed by atoms with E-state index < -0.39 is 0 Å². The van der Waals surface area contributed by atoms with Gasteiger partial charge in [0.25, 0.3) is 0 Å². The van der Waals surface area contributed by atoms with Gasteiger partial charge < -0.3 is 0 Å². The number of aryl methyl sites for hydroxylation is 1. The summed E-state index contributed by atoms with van der Waals surface area (Å²) in [7, 11) is 0. The van der Waals surface area contributed by atoms with E-state index in [1.165, 1.54) is 11.1 Å². The van der Waals surface area contributed by atoms with Crippen LogP contribution < -0.4 is 0 Å². The molecule has 0 fully saturated rings. The topological polar surface area (TPSA) is 49.6 Å². The molecule has 0 saturated carbocycles. The first-order chi connectivity index (χ1) is 8.29. The predicted molar refractivity (Wildman–Crippen MR) is 67.5 cm³/mol. The van der Waals surface area contributed by atoms with Gasteiger partial charge in [0.15, 0.2) is 5.16 Å². The van der Waals surface area contributed by atoms with Gasteiger partial charge in [-0.3, -0.25) is 0 Å². The van der Waals surface area contributed by atoms with E-state index in [0.29, 0.717) is 10.9 Å². The number of benzene rings is 1. The van der Waals surface area contributed by atoms with E-state index in [9.17, 15) is 0 Å². The summed E-state index contributed by atoms with van der Waals surface area (Å²) in [6, 6.07) is 11.8. The lowest BCUT2D eigenvalue weighted by Crippen LogP contribution is -1.91. The highest BCUT2D eigenvalue weighted by atomic mass is 32.2. The molecule has 1 aromatic carbocycles. The molecule has 4 heteroatoms. The van der Waals surface area contributed by atoms with Crippen LogP contribution in [0.4, 0.5) is 0 Å². The molecule has 0 atom stereocenters. The molecule has 2 aromatic rings. The number of hydrogen-bond donors (Lipinski definition) is 0. The zero-order chi connectivity index (χ0) is 12.1. The Hall–Kier alpha value is -1.86. The lowest BCUT2D eigenvalue weighted by molar-refractivity contribution is 0.951. The van der Waals surface area contributed by atoms with E-state index in [0.717, 1.165) is 5.75 Å². The number of nitriles is 1. The number of nitrogens with zero attached hydrogens (tertiary/aromatic N) is 3. The number of aromatic nitrogens is 2. The van der Waals surface area contributed by atoms with Crippen molar-refractivity contribution in [3.8, 4) is 6.07 Å². The Morgan fingerprint density at radius 2 is 2.12 bits per heavy atom. The highest BCUT2D eigenvalue weighted by molar-refractivity contribution is 7.98. The molecule has 0 aliphatic heterocycles. The van der Waals surface area contributed by atoms with Crippen molar-refractivity contribution in [3.63, 3.8) is 0 Å². The maximum Gasteiger partial charge on any atom is 0.189 e. The minimum atomic E-state index is 0.410. The third kappa shape index (κ3) is 3.05. The molecular weight excluding hydrogens is 230 g/mol. The summed E-state index contributed by atoms with van der Waals surface area (Å²) in [5.74, 6) is 0.821. The van der Waals surface area contributed by atoms with Crippen LogP contribution in [0, 0.1) is 18.3 Å². The molecule has 84 valence electrons. The molecule has 17 heavy (non-hydrogen) atoms. The monoisotopic (exact) mass is 241 g/mol. The molecule has 0 aliphatic carbocycles. The van der Waals surface area contributed by atoms with Crippen molar-refractivity contribution in [1.29, 1.82) is 5.26 Å². The molecule has 0 spiro atoms. The van der Waals surface area contributed by atoms with Crippen LogP contribution in [0.2, 0.25) is 0 Å². The van der Waals surface area contributed by atoms with Gasteiger partial charge in [-0.15, -0.1) is 0 Å². The fraction of sp³-hybridized carbons (Fsp3) is 0.154. The highest BCUT2D eigenvalue weighted by Gasteiger charge is 2.02. The van der Waals surface area contributed by atoms with Crippen molar-refractivity contribution in [3.05, 3.63) is 53.3 Å². The summed E-state index contributed by atoms with van der Waals surface area (Å²) in [4.78, 5) is 8.26. The summed E-state index contributed by atoms with van der Waals surface area (Å²) in [5, 5.41) is 9.39. The zero-order valence-electron chi connectivity index (χ0n) is 9.42. The maximum absolute atomic E-state index is 8.74. The van der Waals surface area contributed by atoms with E-state index >= 15 is 0 Å². The summed E-state index contributed by atoms with van der Waals surface area (Å²) in [6.45, 7) is 2.09. The second-order valence-electron chi connectivity index (χ2n) is 3.55. The van der Waals surface area contributed by atoms with Crippen LogP contribution in [0.5, 0.6) is 0 Å². The van der Waals surface area contributed by atoms with Gasteiger partial charge in [-0.1, -0.05) is 36.0 Å². The first-order valence-electron chi connectivity index (χ1n) is 5.20. The number of hydrogen-bond acceptors (Lipinski definition) is 4. The Bertz CT molecular complexity index is 561. The average molecular weight is 241 g/mol. The summed E-state index contributed by atoms with van der Waals surface area (Å²) in [6.07, 6.45) is 1.62. The molecule has 1 aromatic heterocycles. The van der Waals surface area contributed by atoms with Crippen molar-refractivity contribution in [2.45, 2.75) is 17.8 Å². The van der Waals surface area contributed by atoms with Crippen molar-refractivity contribution >= 4 is 11.8 Å². The smallest absolute Gasteiger partial charge is 0.189 e. The van der Waals surface area contributed by atoms with Gasteiger partial charge in [0.2, 0.25) is 0 Å². The molecule has 1 heterocycles. The third-order valence-electron chi connectivity index (χ3n) is 2.37. The highest BCUT2D eigenvalue weighted by Crippen LogP contribution is 2.20. The molecule has 0 saturated heterocycles. The third-order valence-corrected chi connectivity index (χ3v) is 3.28. The van der Waals surface area contributed by atoms with E-state index in [2.05, 4.69) is 29.0 Å². The molecule has 0 N–H and O–H groups in total. The molecule has 2 rings (SSSR count). The molecule has 0 bridgehead atoms. The largest absolute Gasteiger partial charge is 0.231 e. The van der Waals surface area contributed by atoms with Crippen molar-refractivity contribution in [2.24, 2.45) is 0 Å². The normalized spacial score (nSPS) is 9.88. The first-order valence-corrected chi connectivity index (χ1v) is 6.18. The summed E-state index contributed by atoms with van der Waals surface area (Å²) < 4.78 is 0. The second-order valence-corrected chi connectivity index (χ2v) is 4.49. The van der Waals surface area contributed by atoms with E-state index in [-0.39, 0.29) is 0 Å². The lowest BCUT2D eigenvalue weighted by Gasteiger charge is -2.04. The van der Waals surface area contributed by atoms with E-state index in [4.69, 9.17) is 5.26 Å². The minimum absolute atomic E-state index is 0.410. The number of thioether (sulfide) groups is 1. The molecule has 0 unspecified atom stereocenters. The van der Waals surface area contributed by atoms with Gasteiger partial charge in [-0.25, -0.2) is 9.97 Å². The van der Waals surface area contributed by atoms with Gasteiger partial charge >= 0.3 is 0 Å². The fourth-order valence-corrected chi connectivity index (χ4v) is 2.29. The van der Waals surface area contributed by atoms with Crippen LogP contribution in [0.3, 0.4) is 0 Å². The van der Waals surface area contributed by atoms with Gasteiger partial charge in [-0.05, 0) is 24.1 Å². The lowest BCUT2D eigenvalue weighted by atomic mass is 10.1. The molecule has 0 radical (unpaired) electrons. The Morgan fingerprint density at radius 1 is 1.29 bits per heavy atom. The van der Waals surface area contributed by atoms with Crippen LogP contribution in [0.1, 0.15) is 16.8 Å². The second kappa shape index (κ2) is 5.46. The summed E-state index contributed by atoms with van der Waals surface area (Å²) >= 11 is 1.54. The zero-order valence-corrected chi connectivity index (χ0v) is 10.2. The van der Waals surface area contributed by atoms with Crippen LogP contribution in [0.25, 0.3) is 0 Å². The average Bonchev–Trinajstić information content (AvgIpc) is 2.38. The van der Waals surface area contributed by atoms with Crippen LogP contribution in [-0.4, -0.2) is 9.97 Å². The van der Waals surface area contributed by atoms with Crippen molar-refractivity contribution < 1.29 is 0 Å². The maximum atomic E-state index is 8.74. The molecule has 3 nitrogen and oxygen atoms in total.